The van der Waals surface area contributed by atoms with Crippen LogP contribution in [-0.2, 0) is 14.3 Å². The van der Waals surface area contributed by atoms with E-state index in [-0.39, 0.29) is 12.0 Å². The largest absolute Gasteiger partial charge is 0.465 e. The highest BCUT2D eigenvalue weighted by Gasteiger charge is 2.31. The molecule has 0 aromatic carbocycles. The molecule has 82 valence electrons. The first kappa shape index (κ1) is 11.5. The van der Waals surface area contributed by atoms with Crippen molar-refractivity contribution >= 4 is 5.97 Å². The molecule has 4 heteroatoms. The van der Waals surface area contributed by atoms with Crippen molar-refractivity contribution < 1.29 is 14.3 Å². The van der Waals surface area contributed by atoms with Gasteiger partial charge in [-0.05, 0) is 26.7 Å². The highest BCUT2D eigenvalue weighted by molar-refractivity contribution is 5.75. The van der Waals surface area contributed by atoms with E-state index in [0.717, 1.165) is 12.8 Å². The Balaban J connectivity index is 2.15. The standard InChI is InChI=1S/C10H19NO3/c1-4-14-10(12)7(2)11-8-5-9(6-8)13-3/h7-9,11H,4-6H2,1-3H3. The molecule has 0 spiro atoms. The molecule has 1 fully saturated rings. The maximum atomic E-state index is 11.3. The number of hydrogen-bond acceptors (Lipinski definition) is 4. The Labute approximate surface area is 85.0 Å². The summed E-state index contributed by atoms with van der Waals surface area (Å²) in [6.45, 7) is 4.09. The second kappa shape index (κ2) is 5.32. The Morgan fingerprint density at radius 2 is 2.21 bits per heavy atom. The van der Waals surface area contributed by atoms with Gasteiger partial charge in [0.05, 0.1) is 12.7 Å². The topological polar surface area (TPSA) is 47.6 Å². The van der Waals surface area contributed by atoms with Crippen molar-refractivity contribution in [2.45, 2.75) is 44.9 Å². The van der Waals surface area contributed by atoms with E-state index in [2.05, 4.69) is 5.32 Å². The van der Waals surface area contributed by atoms with E-state index in [9.17, 15) is 4.79 Å². The molecule has 1 rings (SSSR count). The summed E-state index contributed by atoms with van der Waals surface area (Å²) in [7, 11) is 1.72. The molecular weight excluding hydrogens is 182 g/mol. The monoisotopic (exact) mass is 201 g/mol. The number of carbonyl (C=O) groups is 1. The lowest BCUT2D eigenvalue weighted by atomic mass is 9.89. The van der Waals surface area contributed by atoms with Gasteiger partial charge in [0, 0.05) is 13.2 Å². The molecule has 1 aliphatic carbocycles. The number of nitrogens with one attached hydrogen (secondary N) is 1. The van der Waals surface area contributed by atoms with Crippen molar-refractivity contribution in [3.8, 4) is 0 Å². The van der Waals surface area contributed by atoms with Crippen LogP contribution in [0.25, 0.3) is 0 Å². The molecule has 0 aliphatic heterocycles. The minimum absolute atomic E-state index is 0.173. The van der Waals surface area contributed by atoms with Crippen molar-refractivity contribution in [2.75, 3.05) is 13.7 Å². The highest BCUT2D eigenvalue weighted by atomic mass is 16.5. The van der Waals surface area contributed by atoms with Crippen LogP contribution in [0, 0.1) is 0 Å². The normalized spacial score (nSPS) is 27.9. The van der Waals surface area contributed by atoms with Crippen LogP contribution < -0.4 is 5.32 Å². The Morgan fingerprint density at radius 3 is 2.71 bits per heavy atom. The summed E-state index contributed by atoms with van der Waals surface area (Å²) < 4.78 is 10.0. The number of ether oxygens (including phenoxy) is 2. The van der Waals surface area contributed by atoms with Gasteiger partial charge in [-0.15, -0.1) is 0 Å². The molecular formula is C10H19NO3. The Morgan fingerprint density at radius 1 is 1.57 bits per heavy atom. The molecule has 0 bridgehead atoms. The van der Waals surface area contributed by atoms with Crippen LogP contribution in [-0.4, -0.2) is 37.9 Å². The van der Waals surface area contributed by atoms with Crippen LogP contribution >= 0.6 is 0 Å². The number of rotatable bonds is 5. The third kappa shape index (κ3) is 2.96. The number of carbonyl (C=O) groups excluding carboxylic acids is 1. The van der Waals surface area contributed by atoms with Gasteiger partial charge in [0.25, 0.3) is 0 Å². The van der Waals surface area contributed by atoms with Gasteiger partial charge in [-0.2, -0.15) is 0 Å². The van der Waals surface area contributed by atoms with E-state index in [4.69, 9.17) is 9.47 Å². The number of hydrogen-bond donors (Lipinski definition) is 1. The third-order valence-corrected chi connectivity index (χ3v) is 2.55. The Hall–Kier alpha value is -0.610. The van der Waals surface area contributed by atoms with Gasteiger partial charge in [-0.1, -0.05) is 0 Å². The average Bonchev–Trinajstić information content (AvgIpc) is 2.10. The van der Waals surface area contributed by atoms with E-state index in [1.54, 1.807) is 7.11 Å². The molecule has 0 saturated heterocycles. The molecule has 14 heavy (non-hydrogen) atoms. The molecule has 1 aliphatic rings. The zero-order valence-electron chi connectivity index (χ0n) is 9.08. The molecule has 1 saturated carbocycles. The third-order valence-electron chi connectivity index (χ3n) is 2.55. The maximum absolute atomic E-state index is 11.3. The summed E-state index contributed by atoms with van der Waals surface area (Å²) in [4.78, 5) is 11.3. The molecule has 0 amide bonds. The van der Waals surface area contributed by atoms with Crippen LogP contribution in [0.1, 0.15) is 26.7 Å². The number of methoxy groups -OCH3 is 1. The molecule has 1 unspecified atom stereocenters. The van der Waals surface area contributed by atoms with Crippen LogP contribution in [0.2, 0.25) is 0 Å². The molecule has 0 aromatic heterocycles. The van der Waals surface area contributed by atoms with Gasteiger partial charge in [-0.25, -0.2) is 0 Å². The fraction of sp³-hybridized carbons (Fsp3) is 0.900. The lowest BCUT2D eigenvalue weighted by Crippen LogP contribution is -2.50. The van der Waals surface area contributed by atoms with Crippen LogP contribution in [0.4, 0.5) is 0 Å². The first-order valence-electron chi connectivity index (χ1n) is 5.12. The quantitative estimate of drug-likeness (QED) is 0.665. The summed E-state index contributed by atoms with van der Waals surface area (Å²) in [6.07, 6.45) is 2.34. The van der Waals surface area contributed by atoms with Gasteiger partial charge >= 0.3 is 5.97 Å². The molecule has 4 nitrogen and oxygen atoms in total. The lowest BCUT2D eigenvalue weighted by molar-refractivity contribution is -0.145. The van der Waals surface area contributed by atoms with E-state index in [1.165, 1.54) is 0 Å². The first-order valence-corrected chi connectivity index (χ1v) is 5.12. The SMILES string of the molecule is CCOC(=O)C(C)NC1CC(OC)C1. The maximum Gasteiger partial charge on any atom is 0.322 e. The zero-order chi connectivity index (χ0) is 10.6. The van der Waals surface area contributed by atoms with Crippen molar-refractivity contribution in [2.24, 2.45) is 0 Å². The van der Waals surface area contributed by atoms with Crippen LogP contribution in [0.5, 0.6) is 0 Å². The van der Waals surface area contributed by atoms with Crippen molar-refractivity contribution in [1.29, 1.82) is 0 Å². The predicted octanol–water partition coefficient (Wildman–Crippen LogP) is 0.705. The van der Waals surface area contributed by atoms with Crippen LogP contribution in [0.15, 0.2) is 0 Å². The van der Waals surface area contributed by atoms with Gasteiger partial charge in [0.2, 0.25) is 0 Å². The lowest BCUT2D eigenvalue weighted by Gasteiger charge is -2.36. The van der Waals surface area contributed by atoms with Gasteiger partial charge < -0.3 is 14.8 Å². The van der Waals surface area contributed by atoms with Crippen molar-refractivity contribution in [3.63, 3.8) is 0 Å². The van der Waals surface area contributed by atoms with Crippen LogP contribution in [0.3, 0.4) is 0 Å². The van der Waals surface area contributed by atoms with E-state index in [1.807, 2.05) is 13.8 Å². The molecule has 0 heterocycles. The fourth-order valence-corrected chi connectivity index (χ4v) is 1.58. The molecule has 0 aromatic rings. The average molecular weight is 201 g/mol. The fourth-order valence-electron chi connectivity index (χ4n) is 1.58. The summed E-state index contributed by atoms with van der Waals surface area (Å²) in [5, 5.41) is 3.21. The predicted molar refractivity (Wildman–Crippen MR) is 53.0 cm³/mol. The minimum Gasteiger partial charge on any atom is -0.465 e. The minimum atomic E-state index is -0.210. The summed E-state index contributed by atoms with van der Waals surface area (Å²) in [5.41, 5.74) is 0. The Bertz CT molecular complexity index is 190. The zero-order valence-corrected chi connectivity index (χ0v) is 9.08. The highest BCUT2D eigenvalue weighted by Crippen LogP contribution is 2.22. The Kier molecular flexibility index (Phi) is 4.35. The molecule has 0 radical (unpaired) electrons. The second-order valence-corrected chi connectivity index (χ2v) is 3.67. The van der Waals surface area contributed by atoms with E-state index >= 15 is 0 Å². The van der Waals surface area contributed by atoms with Gasteiger partial charge in [0.1, 0.15) is 6.04 Å². The summed E-state index contributed by atoms with van der Waals surface area (Å²) >= 11 is 0. The number of esters is 1. The van der Waals surface area contributed by atoms with E-state index < -0.39 is 0 Å². The van der Waals surface area contributed by atoms with Crippen molar-refractivity contribution in [1.82, 2.24) is 5.32 Å². The van der Waals surface area contributed by atoms with Gasteiger partial charge in [0.15, 0.2) is 0 Å². The molecule has 1 N–H and O–H groups in total. The smallest absolute Gasteiger partial charge is 0.322 e. The molecule has 1 atom stereocenters. The summed E-state index contributed by atoms with van der Waals surface area (Å²) in [5.74, 6) is -0.173. The first-order chi connectivity index (χ1) is 6.67. The van der Waals surface area contributed by atoms with E-state index in [0.29, 0.717) is 18.8 Å². The summed E-state index contributed by atoms with van der Waals surface area (Å²) in [6, 6.07) is 0.192. The van der Waals surface area contributed by atoms with Gasteiger partial charge in [-0.3, -0.25) is 4.79 Å². The second-order valence-electron chi connectivity index (χ2n) is 3.67. The van der Waals surface area contributed by atoms with Crippen molar-refractivity contribution in [3.05, 3.63) is 0 Å².